The lowest BCUT2D eigenvalue weighted by atomic mass is 10.2. The summed E-state index contributed by atoms with van der Waals surface area (Å²) in [5.41, 5.74) is 1.77. The van der Waals surface area contributed by atoms with Gasteiger partial charge in [-0.3, -0.25) is 4.79 Å². The molecule has 0 radical (unpaired) electrons. The molecule has 2 aromatic carbocycles. The Bertz CT molecular complexity index is 746. The quantitative estimate of drug-likeness (QED) is 0.825. The summed E-state index contributed by atoms with van der Waals surface area (Å²) >= 11 is 11.8. The van der Waals surface area contributed by atoms with Gasteiger partial charge in [0, 0.05) is 5.69 Å². The average Bonchev–Trinajstić information content (AvgIpc) is 2.49. The van der Waals surface area contributed by atoms with Gasteiger partial charge in [0.05, 0.1) is 15.6 Å². The molecule has 1 amide bonds. The smallest absolute Gasteiger partial charge is 0.340 e. The van der Waals surface area contributed by atoms with Crippen molar-refractivity contribution in [3.8, 4) is 0 Å². The normalized spacial score (nSPS) is 11.7. The van der Waals surface area contributed by atoms with E-state index in [0.29, 0.717) is 5.69 Å². The molecule has 4 nitrogen and oxygen atoms in total. The van der Waals surface area contributed by atoms with Crippen molar-refractivity contribution < 1.29 is 14.3 Å². The van der Waals surface area contributed by atoms with E-state index >= 15 is 0 Å². The minimum atomic E-state index is -0.974. The van der Waals surface area contributed by atoms with Crippen molar-refractivity contribution in [3.63, 3.8) is 0 Å². The first-order chi connectivity index (χ1) is 10.9. The van der Waals surface area contributed by atoms with Gasteiger partial charge in [-0.25, -0.2) is 4.79 Å². The number of carbonyl (C=O) groups is 2. The van der Waals surface area contributed by atoms with Crippen LogP contribution in [0.5, 0.6) is 0 Å². The highest BCUT2D eigenvalue weighted by molar-refractivity contribution is 6.43. The van der Waals surface area contributed by atoms with Crippen molar-refractivity contribution in [1.29, 1.82) is 0 Å². The fourth-order valence-electron chi connectivity index (χ4n) is 1.91. The van der Waals surface area contributed by atoms with Crippen molar-refractivity contribution in [3.05, 3.63) is 63.6 Å². The van der Waals surface area contributed by atoms with Crippen LogP contribution >= 0.6 is 23.2 Å². The van der Waals surface area contributed by atoms with E-state index in [9.17, 15) is 9.59 Å². The maximum atomic E-state index is 12.1. The molecule has 0 heterocycles. The summed E-state index contributed by atoms with van der Waals surface area (Å²) < 4.78 is 5.14. The fourth-order valence-corrected chi connectivity index (χ4v) is 2.28. The number of ether oxygens (including phenoxy) is 1. The summed E-state index contributed by atoms with van der Waals surface area (Å²) in [6, 6.07) is 12.0. The monoisotopic (exact) mass is 351 g/mol. The highest BCUT2D eigenvalue weighted by Crippen LogP contribution is 2.26. The van der Waals surface area contributed by atoms with Crippen LogP contribution in [0.15, 0.2) is 42.5 Å². The van der Waals surface area contributed by atoms with Crippen molar-refractivity contribution in [1.82, 2.24) is 0 Å². The van der Waals surface area contributed by atoms with Gasteiger partial charge in [-0.1, -0.05) is 41.4 Å². The second-order valence-corrected chi connectivity index (χ2v) is 5.79. The van der Waals surface area contributed by atoms with Crippen molar-refractivity contribution in [2.45, 2.75) is 20.0 Å². The number of rotatable bonds is 4. The van der Waals surface area contributed by atoms with Crippen LogP contribution in [-0.2, 0) is 9.53 Å². The number of esters is 1. The molecule has 0 bridgehead atoms. The van der Waals surface area contributed by atoms with Crippen molar-refractivity contribution >= 4 is 40.8 Å². The fraction of sp³-hybridized carbons (Fsp3) is 0.176. The number of halogens is 2. The number of aryl methyl sites for hydroxylation is 1. The van der Waals surface area contributed by atoms with Gasteiger partial charge >= 0.3 is 5.97 Å². The number of hydrogen-bond acceptors (Lipinski definition) is 3. The molecule has 23 heavy (non-hydrogen) atoms. The predicted molar refractivity (Wildman–Crippen MR) is 91.1 cm³/mol. The molecule has 0 aromatic heterocycles. The third-order valence-corrected chi connectivity index (χ3v) is 3.93. The second kappa shape index (κ2) is 7.49. The summed E-state index contributed by atoms with van der Waals surface area (Å²) in [7, 11) is 0. The van der Waals surface area contributed by atoms with Crippen LogP contribution in [0.2, 0.25) is 10.0 Å². The molecule has 0 aliphatic carbocycles. The summed E-state index contributed by atoms with van der Waals surface area (Å²) in [6.07, 6.45) is -0.974. The maximum absolute atomic E-state index is 12.1. The first kappa shape index (κ1) is 17.3. The van der Waals surface area contributed by atoms with E-state index < -0.39 is 18.0 Å². The predicted octanol–water partition coefficient (Wildman–Crippen LogP) is 4.49. The van der Waals surface area contributed by atoms with Crippen LogP contribution in [0, 0.1) is 6.92 Å². The zero-order chi connectivity index (χ0) is 17.0. The molecular weight excluding hydrogens is 337 g/mol. The second-order valence-electron chi connectivity index (χ2n) is 5.01. The van der Waals surface area contributed by atoms with E-state index in [1.165, 1.54) is 13.0 Å². The largest absolute Gasteiger partial charge is 0.449 e. The van der Waals surface area contributed by atoms with Crippen molar-refractivity contribution in [2.24, 2.45) is 0 Å². The number of hydrogen-bond donors (Lipinski definition) is 1. The SMILES string of the molecule is Cc1cccc(NC(=O)[C@H](C)OC(=O)c2cccc(Cl)c2Cl)c1. The zero-order valence-electron chi connectivity index (χ0n) is 12.6. The van der Waals surface area contributed by atoms with Gasteiger partial charge in [-0.05, 0) is 43.7 Å². The summed E-state index contributed by atoms with van der Waals surface area (Å²) in [6.45, 7) is 3.40. The van der Waals surface area contributed by atoms with E-state index in [0.717, 1.165) is 5.56 Å². The molecule has 2 rings (SSSR count). The number of benzene rings is 2. The van der Waals surface area contributed by atoms with Crippen LogP contribution in [-0.4, -0.2) is 18.0 Å². The molecule has 0 fully saturated rings. The molecule has 1 atom stereocenters. The molecule has 2 aromatic rings. The molecule has 0 aliphatic heterocycles. The van der Waals surface area contributed by atoms with Gasteiger partial charge in [0.25, 0.3) is 5.91 Å². The standard InChI is InChI=1S/C17H15Cl2NO3/c1-10-5-3-6-12(9-10)20-16(21)11(2)23-17(22)13-7-4-8-14(18)15(13)19/h3-9,11H,1-2H3,(H,20,21)/t11-/m0/s1. The van der Waals surface area contributed by atoms with E-state index in [1.807, 2.05) is 25.1 Å². The molecule has 6 heteroatoms. The Hall–Kier alpha value is -2.04. The summed E-state index contributed by atoms with van der Waals surface area (Å²) in [4.78, 5) is 24.2. The minimum Gasteiger partial charge on any atom is -0.449 e. The lowest BCUT2D eigenvalue weighted by Crippen LogP contribution is -2.30. The van der Waals surface area contributed by atoms with Gasteiger partial charge < -0.3 is 10.1 Å². The highest BCUT2D eigenvalue weighted by atomic mass is 35.5. The summed E-state index contributed by atoms with van der Waals surface area (Å²) in [5, 5.41) is 3.04. The Balaban J connectivity index is 2.03. The maximum Gasteiger partial charge on any atom is 0.340 e. The average molecular weight is 352 g/mol. The Morgan fingerprint density at radius 1 is 1.13 bits per heavy atom. The highest BCUT2D eigenvalue weighted by Gasteiger charge is 2.21. The van der Waals surface area contributed by atoms with Crippen LogP contribution in [0.1, 0.15) is 22.8 Å². The van der Waals surface area contributed by atoms with Crippen LogP contribution in [0.25, 0.3) is 0 Å². The first-order valence-corrected chi connectivity index (χ1v) is 7.66. The molecule has 120 valence electrons. The Kier molecular flexibility index (Phi) is 5.64. The van der Waals surface area contributed by atoms with E-state index in [2.05, 4.69) is 5.32 Å². The lowest BCUT2D eigenvalue weighted by molar-refractivity contribution is -0.123. The molecule has 0 saturated heterocycles. The van der Waals surface area contributed by atoms with E-state index in [-0.39, 0.29) is 15.6 Å². The lowest BCUT2D eigenvalue weighted by Gasteiger charge is -2.14. The van der Waals surface area contributed by atoms with Gasteiger partial charge in [0.2, 0.25) is 0 Å². The molecule has 0 spiro atoms. The molecule has 0 aliphatic rings. The number of anilines is 1. The van der Waals surface area contributed by atoms with Crippen LogP contribution < -0.4 is 5.32 Å². The van der Waals surface area contributed by atoms with E-state index in [4.69, 9.17) is 27.9 Å². The topological polar surface area (TPSA) is 55.4 Å². The Labute approximate surface area is 144 Å². The van der Waals surface area contributed by atoms with Gasteiger partial charge in [0.1, 0.15) is 0 Å². The summed E-state index contributed by atoms with van der Waals surface area (Å²) in [5.74, 6) is -1.13. The Morgan fingerprint density at radius 3 is 2.52 bits per heavy atom. The number of nitrogens with one attached hydrogen (secondary N) is 1. The van der Waals surface area contributed by atoms with Gasteiger partial charge in [0.15, 0.2) is 6.10 Å². The van der Waals surface area contributed by atoms with E-state index in [1.54, 1.807) is 18.2 Å². The zero-order valence-corrected chi connectivity index (χ0v) is 14.1. The van der Waals surface area contributed by atoms with Crippen LogP contribution in [0.3, 0.4) is 0 Å². The first-order valence-electron chi connectivity index (χ1n) is 6.91. The van der Waals surface area contributed by atoms with Gasteiger partial charge in [-0.2, -0.15) is 0 Å². The number of carbonyl (C=O) groups excluding carboxylic acids is 2. The molecule has 0 unspecified atom stereocenters. The van der Waals surface area contributed by atoms with Gasteiger partial charge in [-0.15, -0.1) is 0 Å². The van der Waals surface area contributed by atoms with Crippen LogP contribution in [0.4, 0.5) is 5.69 Å². The third-order valence-electron chi connectivity index (χ3n) is 3.11. The Morgan fingerprint density at radius 2 is 1.83 bits per heavy atom. The molecular formula is C17H15Cl2NO3. The molecule has 0 saturated carbocycles. The van der Waals surface area contributed by atoms with Crippen molar-refractivity contribution in [2.75, 3.05) is 5.32 Å². The third kappa shape index (κ3) is 4.47. The minimum absolute atomic E-state index is 0.102. The number of amides is 1. The molecule has 1 N–H and O–H groups in total.